The summed E-state index contributed by atoms with van der Waals surface area (Å²) in [7, 11) is 0. The van der Waals surface area contributed by atoms with Crippen molar-refractivity contribution < 1.29 is 9.18 Å². The van der Waals surface area contributed by atoms with Gasteiger partial charge in [0.05, 0.1) is 29.2 Å². The van der Waals surface area contributed by atoms with Crippen LogP contribution >= 0.6 is 0 Å². The predicted octanol–water partition coefficient (Wildman–Crippen LogP) is 2.21. The van der Waals surface area contributed by atoms with Crippen LogP contribution in [0.4, 0.5) is 4.39 Å². The largest absolute Gasteiger partial charge is 0.335 e. The molecule has 9 heteroatoms. The average molecular weight is 419 g/mol. The fourth-order valence-electron chi connectivity index (χ4n) is 3.85. The summed E-state index contributed by atoms with van der Waals surface area (Å²) in [6, 6.07) is 14.2. The van der Waals surface area contributed by atoms with Crippen LogP contribution in [0.25, 0.3) is 16.7 Å². The molecular formula is C22H22FN7O. The maximum absolute atomic E-state index is 13.3. The zero-order valence-corrected chi connectivity index (χ0v) is 16.9. The van der Waals surface area contributed by atoms with Gasteiger partial charge in [0.2, 0.25) is 0 Å². The van der Waals surface area contributed by atoms with E-state index >= 15 is 0 Å². The first kappa shape index (κ1) is 19.4. The molecule has 2 aromatic heterocycles. The summed E-state index contributed by atoms with van der Waals surface area (Å²) in [5, 5.41) is 8.56. The van der Waals surface area contributed by atoms with Crippen LogP contribution in [0.3, 0.4) is 0 Å². The van der Waals surface area contributed by atoms with Gasteiger partial charge < -0.3 is 9.47 Å². The minimum absolute atomic E-state index is 0.0931. The van der Waals surface area contributed by atoms with Crippen molar-refractivity contribution >= 4 is 16.9 Å². The van der Waals surface area contributed by atoms with E-state index in [9.17, 15) is 9.18 Å². The van der Waals surface area contributed by atoms with Crippen molar-refractivity contribution in [3.05, 3.63) is 72.6 Å². The molecule has 1 amide bonds. The van der Waals surface area contributed by atoms with Crippen molar-refractivity contribution in [2.75, 3.05) is 32.7 Å². The molecule has 1 saturated heterocycles. The zero-order chi connectivity index (χ0) is 21.2. The van der Waals surface area contributed by atoms with Gasteiger partial charge in [-0.2, -0.15) is 9.90 Å². The monoisotopic (exact) mass is 419 g/mol. The summed E-state index contributed by atoms with van der Waals surface area (Å²) in [5.41, 5.74) is 2.77. The first-order valence-electron chi connectivity index (χ1n) is 10.3. The molecule has 0 N–H and O–H groups in total. The second-order valence-electron chi connectivity index (χ2n) is 7.56. The Morgan fingerprint density at radius 3 is 2.61 bits per heavy atom. The smallest absolute Gasteiger partial charge is 0.276 e. The predicted molar refractivity (Wildman–Crippen MR) is 113 cm³/mol. The van der Waals surface area contributed by atoms with Gasteiger partial charge in [-0.15, -0.1) is 5.10 Å². The molecular weight excluding hydrogens is 397 g/mol. The van der Waals surface area contributed by atoms with Crippen LogP contribution in [0.1, 0.15) is 10.5 Å². The standard InChI is InChI=1S/C22H22FN7O/c23-17-6-7-21-19(14-17)24-16-29(21)13-10-27-8-11-28(12-9-27)22(31)20-15-25-30(26-20)18-4-2-1-3-5-18/h1-7,14-16H,8-13H2. The molecule has 8 nitrogen and oxygen atoms in total. The number of hydrogen-bond acceptors (Lipinski definition) is 5. The van der Waals surface area contributed by atoms with Crippen molar-refractivity contribution in [2.45, 2.75) is 6.54 Å². The van der Waals surface area contributed by atoms with Crippen molar-refractivity contribution in [3.63, 3.8) is 0 Å². The molecule has 0 aliphatic carbocycles. The second kappa shape index (κ2) is 8.27. The number of piperazine rings is 1. The number of hydrogen-bond donors (Lipinski definition) is 0. The van der Waals surface area contributed by atoms with Crippen LogP contribution in [0.5, 0.6) is 0 Å². The van der Waals surface area contributed by atoms with Crippen LogP contribution in [-0.2, 0) is 6.54 Å². The van der Waals surface area contributed by atoms with Crippen molar-refractivity contribution in [2.24, 2.45) is 0 Å². The number of carbonyl (C=O) groups excluding carboxylic acids is 1. The molecule has 0 spiro atoms. The summed E-state index contributed by atoms with van der Waals surface area (Å²) in [5.74, 6) is -0.369. The highest BCUT2D eigenvalue weighted by Crippen LogP contribution is 2.15. The topological polar surface area (TPSA) is 72.1 Å². The lowest BCUT2D eigenvalue weighted by molar-refractivity contribution is 0.0627. The maximum atomic E-state index is 13.3. The van der Waals surface area contributed by atoms with Crippen molar-refractivity contribution in [3.8, 4) is 5.69 Å². The first-order chi connectivity index (χ1) is 15.2. The number of carbonyl (C=O) groups is 1. The average Bonchev–Trinajstić information content (AvgIpc) is 3.45. The lowest BCUT2D eigenvalue weighted by atomic mass is 10.2. The third-order valence-corrected chi connectivity index (χ3v) is 5.60. The van der Waals surface area contributed by atoms with Crippen LogP contribution in [0, 0.1) is 5.82 Å². The summed E-state index contributed by atoms with van der Waals surface area (Å²) in [6.07, 6.45) is 3.27. The number of imidazole rings is 1. The molecule has 3 heterocycles. The molecule has 4 aromatic rings. The highest BCUT2D eigenvalue weighted by atomic mass is 19.1. The number of halogens is 1. The van der Waals surface area contributed by atoms with Gasteiger partial charge in [-0.3, -0.25) is 9.69 Å². The third kappa shape index (κ3) is 4.04. The second-order valence-corrected chi connectivity index (χ2v) is 7.56. The summed E-state index contributed by atoms with van der Waals surface area (Å²) >= 11 is 0. The van der Waals surface area contributed by atoms with E-state index in [0.717, 1.165) is 37.4 Å². The Morgan fingerprint density at radius 2 is 1.81 bits per heavy atom. The molecule has 2 aromatic carbocycles. The zero-order valence-electron chi connectivity index (χ0n) is 16.9. The Labute approximate surface area is 178 Å². The van der Waals surface area contributed by atoms with Gasteiger partial charge >= 0.3 is 0 Å². The van der Waals surface area contributed by atoms with Crippen LogP contribution in [0.15, 0.2) is 61.1 Å². The lowest BCUT2D eigenvalue weighted by Gasteiger charge is -2.34. The number of para-hydroxylation sites is 1. The molecule has 1 aliphatic rings. The molecule has 0 unspecified atom stereocenters. The van der Waals surface area contributed by atoms with E-state index in [1.807, 2.05) is 39.8 Å². The van der Waals surface area contributed by atoms with Gasteiger partial charge in [-0.25, -0.2) is 9.37 Å². The highest BCUT2D eigenvalue weighted by molar-refractivity contribution is 5.92. The normalized spacial score (nSPS) is 14.9. The lowest BCUT2D eigenvalue weighted by Crippen LogP contribution is -2.49. The maximum Gasteiger partial charge on any atom is 0.276 e. The molecule has 5 rings (SSSR count). The highest BCUT2D eigenvalue weighted by Gasteiger charge is 2.24. The van der Waals surface area contributed by atoms with Gasteiger partial charge in [0, 0.05) is 45.3 Å². The van der Waals surface area contributed by atoms with Gasteiger partial charge in [0.25, 0.3) is 5.91 Å². The van der Waals surface area contributed by atoms with Crippen molar-refractivity contribution in [1.29, 1.82) is 0 Å². The summed E-state index contributed by atoms with van der Waals surface area (Å²) in [4.78, 5) is 22.7. The van der Waals surface area contributed by atoms with Crippen molar-refractivity contribution in [1.82, 2.24) is 34.3 Å². The fraction of sp³-hybridized carbons (Fsp3) is 0.273. The number of benzene rings is 2. The SMILES string of the molecule is O=C(c1cnn(-c2ccccc2)n1)N1CCN(CCn2cnc3cc(F)ccc32)CC1. The third-order valence-electron chi connectivity index (χ3n) is 5.60. The Hall–Kier alpha value is -3.59. The molecule has 31 heavy (non-hydrogen) atoms. The Kier molecular flexibility index (Phi) is 5.17. The van der Waals surface area contributed by atoms with E-state index in [1.54, 1.807) is 12.4 Å². The Balaban J connectivity index is 1.16. The quantitative estimate of drug-likeness (QED) is 0.496. The van der Waals surface area contributed by atoms with E-state index in [4.69, 9.17) is 0 Å². The molecule has 158 valence electrons. The van der Waals surface area contributed by atoms with Gasteiger partial charge in [0.1, 0.15) is 5.82 Å². The minimum atomic E-state index is -0.276. The van der Waals surface area contributed by atoms with E-state index in [-0.39, 0.29) is 11.7 Å². The number of nitrogens with zero attached hydrogens (tertiary/aromatic N) is 7. The Bertz CT molecular complexity index is 1200. The molecule has 0 bridgehead atoms. The van der Waals surface area contributed by atoms with E-state index in [2.05, 4.69) is 20.1 Å². The summed E-state index contributed by atoms with van der Waals surface area (Å²) < 4.78 is 15.4. The first-order valence-corrected chi connectivity index (χ1v) is 10.3. The van der Waals surface area contributed by atoms with E-state index < -0.39 is 0 Å². The fourth-order valence-corrected chi connectivity index (χ4v) is 3.85. The Morgan fingerprint density at radius 1 is 1.00 bits per heavy atom. The van der Waals surface area contributed by atoms with Crippen LogP contribution < -0.4 is 0 Å². The molecule has 0 radical (unpaired) electrons. The van der Waals surface area contributed by atoms with Gasteiger partial charge in [0.15, 0.2) is 5.69 Å². The number of aromatic nitrogens is 5. The molecule has 1 aliphatic heterocycles. The van der Waals surface area contributed by atoms with Gasteiger partial charge in [-0.1, -0.05) is 18.2 Å². The van der Waals surface area contributed by atoms with Crippen LogP contribution in [-0.4, -0.2) is 73.0 Å². The van der Waals surface area contributed by atoms with Gasteiger partial charge in [-0.05, 0) is 24.3 Å². The number of rotatable bonds is 5. The molecule has 1 fully saturated rings. The number of amides is 1. The minimum Gasteiger partial charge on any atom is -0.335 e. The number of fused-ring (bicyclic) bond motifs is 1. The molecule has 0 saturated carbocycles. The molecule has 0 atom stereocenters. The van der Waals surface area contributed by atoms with E-state index in [1.165, 1.54) is 23.1 Å². The van der Waals surface area contributed by atoms with E-state index in [0.29, 0.717) is 24.3 Å². The summed E-state index contributed by atoms with van der Waals surface area (Å²) in [6.45, 7) is 4.48. The van der Waals surface area contributed by atoms with Crippen LogP contribution in [0.2, 0.25) is 0 Å².